The van der Waals surface area contributed by atoms with Gasteiger partial charge in [-0.15, -0.1) is 11.3 Å². The zero-order chi connectivity index (χ0) is 13.8. The zero-order valence-electron chi connectivity index (χ0n) is 11.3. The molecule has 5 heteroatoms. The summed E-state index contributed by atoms with van der Waals surface area (Å²) >= 11 is 3.14. The fourth-order valence-electron chi connectivity index (χ4n) is 1.50. The summed E-state index contributed by atoms with van der Waals surface area (Å²) in [7, 11) is 0. The maximum Gasteiger partial charge on any atom is 0.230 e. The molecule has 0 saturated heterocycles. The Morgan fingerprint density at radius 3 is 2.79 bits per heavy atom. The molecule has 19 heavy (non-hydrogen) atoms. The van der Waals surface area contributed by atoms with Gasteiger partial charge >= 0.3 is 0 Å². The molecule has 0 aliphatic carbocycles. The van der Waals surface area contributed by atoms with Gasteiger partial charge in [0.1, 0.15) is 0 Å². The van der Waals surface area contributed by atoms with Crippen LogP contribution in [0.1, 0.15) is 20.8 Å². The molecule has 0 fully saturated rings. The van der Waals surface area contributed by atoms with Crippen molar-refractivity contribution in [3.05, 3.63) is 24.3 Å². The minimum Gasteiger partial charge on any atom is -0.353 e. The Morgan fingerprint density at radius 1 is 1.37 bits per heavy atom. The molecule has 1 atom stereocenters. The second-order valence-electron chi connectivity index (χ2n) is 4.84. The van der Waals surface area contributed by atoms with Crippen molar-refractivity contribution in [2.24, 2.45) is 5.92 Å². The van der Waals surface area contributed by atoms with Crippen molar-refractivity contribution >= 4 is 39.2 Å². The number of amides is 1. The first-order chi connectivity index (χ1) is 9.06. The highest BCUT2D eigenvalue weighted by atomic mass is 32.2. The van der Waals surface area contributed by atoms with Crippen LogP contribution >= 0.6 is 23.1 Å². The van der Waals surface area contributed by atoms with Crippen LogP contribution < -0.4 is 5.32 Å². The molecule has 2 aromatic rings. The number of rotatable bonds is 5. The van der Waals surface area contributed by atoms with E-state index in [1.165, 1.54) is 16.5 Å². The Labute approximate surface area is 121 Å². The summed E-state index contributed by atoms with van der Waals surface area (Å²) in [4.78, 5) is 16.3. The van der Waals surface area contributed by atoms with Gasteiger partial charge in [-0.25, -0.2) is 4.98 Å². The first kappa shape index (κ1) is 14.3. The number of hydrogen-bond donors (Lipinski definition) is 1. The lowest BCUT2D eigenvalue weighted by molar-refractivity contribution is -0.119. The highest BCUT2D eigenvalue weighted by Crippen LogP contribution is 2.29. The third kappa shape index (κ3) is 3.94. The van der Waals surface area contributed by atoms with Crippen LogP contribution in [0.2, 0.25) is 0 Å². The normalized spacial score (nSPS) is 12.8. The Kier molecular flexibility index (Phi) is 4.82. The monoisotopic (exact) mass is 294 g/mol. The van der Waals surface area contributed by atoms with Gasteiger partial charge in [0.15, 0.2) is 4.34 Å². The number of thioether (sulfide) groups is 1. The molecule has 3 nitrogen and oxygen atoms in total. The van der Waals surface area contributed by atoms with Crippen LogP contribution in [0.15, 0.2) is 28.6 Å². The Bertz CT molecular complexity index is 532. The molecular formula is C14H18N2OS2. The summed E-state index contributed by atoms with van der Waals surface area (Å²) in [5, 5.41) is 3.00. The van der Waals surface area contributed by atoms with Crippen molar-refractivity contribution in [1.82, 2.24) is 10.3 Å². The lowest BCUT2D eigenvalue weighted by atomic mass is 10.1. The number of aromatic nitrogens is 1. The quantitative estimate of drug-likeness (QED) is 0.858. The van der Waals surface area contributed by atoms with Gasteiger partial charge in [0.25, 0.3) is 0 Å². The van der Waals surface area contributed by atoms with Crippen molar-refractivity contribution in [2.45, 2.75) is 31.2 Å². The molecule has 0 radical (unpaired) electrons. The minimum absolute atomic E-state index is 0.0745. The summed E-state index contributed by atoms with van der Waals surface area (Å²) in [5.41, 5.74) is 1.01. The second kappa shape index (κ2) is 6.39. The molecule has 0 aliphatic rings. The first-order valence-corrected chi connectivity index (χ1v) is 8.14. The van der Waals surface area contributed by atoms with E-state index in [-0.39, 0.29) is 11.9 Å². The summed E-state index contributed by atoms with van der Waals surface area (Å²) in [6, 6.07) is 8.25. The highest BCUT2D eigenvalue weighted by Gasteiger charge is 2.12. The third-order valence-electron chi connectivity index (χ3n) is 2.99. The SMILES string of the molecule is CC(C)[C@H](C)NC(=O)CSc1nc2ccccc2s1. The van der Waals surface area contributed by atoms with Crippen LogP contribution in [0, 0.1) is 5.92 Å². The van der Waals surface area contributed by atoms with E-state index in [0.717, 1.165) is 9.86 Å². The van der Waals surface area contributed by atoms with E-state index >= 15 is 0 Å². The van der Waals surface area contributed by atoms with Crippen LogP contribution in [0.3, 0.4) is 0 Å². The van der Waals surface area contributed by atoms with E-state index in [2.05, 4.69) is 30.2 Å². The second-order valence-corrected chi connectivity index (χ2v) is 7.09. The lowest BCUT2D eigenvalue weighted by Gasteiger charge is -2.16. The smallest absolute Gasteiger partial charge is 0.230 e. The molecule has 1 aromatic carbocycles. The third-order valence-corrected chi connectivity index (χ3v) is 5.17. The topological polar surface area (TPSA) is 42.0 Å². The molecule has 2 rings (SSSR count). The fraction of sp³-hybridized carbons (Fsp3) is 0.429. The van der Waals surface area contributed by atoms with Gasteiger partial charge in [0.2, 0.25) is 5.91 Å². The predicted octanol–water partition coefficient (Wildman–Crippen LogP) is 3.55. The molecule has 0 bridgehead atoms. The van der Waals surface area contributed by atoms with E-state index in [0.29, 0.717) is 11.7 Å². The van der Waals surface area contributed by atoms with E-state index in [1.54, 1.807) is 11.3 Å². The van der Waals surface area contributed by atoms with Gasteiger partial charge in [-0.1, -0.05) is 37.7 Å². The first-order valence-electron chi connectivity index (χ1n) is 6.34. The van der Waals surface area contributed by atoms with Gasteiger partial charge in [-0.3, -0.25) is 4.79 Å². The summed E-state index contributed by atoms with van der Waals surface area (Å²) in [6.45, 7) is 6.24. The van der Waals surface area contributed by atoms with E-state index in [1.807, 2.05) is 25.1 Å². The highest BCUT2D eigenvalue weighted by molar-refractivity contribution is 8.01. The van der Waals surface area contributed by atoms with E-state index < -0.39 is 0 Å². The van der Waals surface area contributed by atoms with Crippen molar-refractivity contribution in [2.75, 3.05) is 5.75 Å². The predicted molar refractivity (Wildman–Crippen MR) is 82.8 cm³/mol. The number of thiazole rings is 1. The van der Waals surface area contributed by atoms with Crippen LogP contribution in [-0.2, 0) is 4.79 Å². The maximum absolute atomic E-state index is 11.8. The number of carbonyl (C=O) groups is 1. The van der Waals surface area contributed by atoms with E-state index in [4.69, 9.17) is 0 Å². The zero-order valence-corrected chi connectivity index (χ0v) is 13.0. The fourth-order valence-corrected chi connectivity index (χ4v) is 3.38. The molecule has 1 aromatic heterocycles. The molecule has 1 heterocycles. The molecular weight excluding hydrogens is 276 g/mol. The van der Waals surface area contributed by atoms with Crippen LogP contribution in [0.25, 0.3) is 10.2 Å². The van der Waals surface area contributed by atoms with Gasteiger partial charge in [-0.2, -0.15) is 0 Å². The summed E-state index contributed by atoms with van der Waals surface area (Å²) in [6.07, 6.45) is 0. The Balaban J connectivity index is 1.90. The van der Waals surface area contributed by atoms with Crippen molar-refractivity contribution in [3.63, 3.8) is 0 Å². The molecule has 102 valence electrons. The number of para-hydroxylation sites is 1. The molecule has 1 amide bonds. The Hall–Kier alpha value is -1.07. The molecule has 0 saturated carbocycles. The molecule has 1 N–H and O–H groups in total. The molecule has 0 spiro atoms. The van der Waals surface area contributed by atoms with Crippen molar-refractivity contribution in [1.29, 1.82) is 0 Å². The number of fused-ring (bicyclic) bond motifs is 1. The number of carbonyl (C=O) groups excluding carboxylic acids is 1. The molecule has 0 aliphatic heterocycles. The van der Waals surface area contributed by atoms with Crippen LogP contribution in [0.4, 0.5) is 0 Å². The standard InChI is InChI=1S/C14H18N2OS2/c1-9(2)10(3)15-13(17)8-18-14-16-11-6-4-5-7-12(11)19-14/h4-7,9-10H,8H2,1-3H3,(H,15,17)/t10-/m0/s1. The number of nitrogens with zero attached hydrogens (tertiary/aromatic N) is 1. The average Bonchev–Trinajstić information content (AvgIpc) is 2.78. The summed E-state index contributed by atoms with van der Waals surface area (Å²) < 4.78 is 2.12. The van der Waals surface area contributed by atoms with Gasteiger partial charge < -0.3 is 5.32 Å². The van der Waals surface area contributed by atoms with Crippen LogP contribution in [0.5, 0.6) is 0 Å². The van der Waals surface area contributed by atoms with Crippen molar-refractivity contribution in [3.8, 4) is 0 Å². The van der Waals surface area contributed by atoms with Gasteiger partial charge in [0, 0.05) is 6.04 Å². The number of nitrogens with one attached hydrogen (secondary N) is 1. The summed E-state index contributed by atoms with van der Waals surface area (Å²) in [5.74, 6) is 0.957. The van der Waals surface area contributed by atoms with Crippen molar-refractivity contribution < 1.29 is 4.79 Å². The number of benzene rings is 1. The minimum atomic E-state index is 0.0745. The average molecular weight is 294 g/mol. The van der Waals surface area contributed by atoms with Gasteiger partial charge in [0.05, 0.1) is 16.0 Å². The lowest BCUT2D eigenvalue weighted by Crippen LogP contribution is -2.37. The maximum atomic E-state index is 11.8. The van der Waals surface area contributed by atoms with E-state index in [9.17, 15) is 4.79 Å². The van der Waals surface area contributed by atoms with Gasteiger partial charge in [-0.05, 0) is 25.0 Å². The van der Waals surface area contributed by atoms with Crippen LogP contribution in [-0.4, -0.2) is 22.7 Å². The number of hydrogen-bond acceptors (Lipinski definition) is 4. The largest absolute Gasteiger partial charge is 0.353 e. The Morgan fingerprint density at radius 2 is 2.11 bits per heavy atom. The molecule has 0 unspecified atom stereocenters.